The van der Waals surface area contributed by atoms with Gasteiger partial charge in [0.05, 0.1) is 10.8 Å². The summed E-state index contributed by atoms with van der Waals surface area (Å²) < 4.78 is 6.55. The van der Waals surface area contributed by atoms with Crippen LogP contribution in [-0.4, -0.2) is 4.92 Å². The average Bonchev–Trinajstić information content (AvgIpc) is 2.40. The van der Waals surface area contributed by atoms with Crippen LogP contribution in [0.3, 0.4) is 0 Å². The van der Waals surface area contributed by atoms with E-state index in [1.54, 1.807) is 6.07 Å². The van der Waals surface area contributed by atoms with Gasteiger partial charge in [-0.3, -0.25) is 10.1 Å². The molecule has 0 N–H and O–H groups in total. The standard InChI is InChI=1S/C13H8BrCl2NO3/c14-9-1-4-13(8(5-9)7-15)20-10-2-3-12(17(18)19)11(16)6-10/h1-6H,7H2. The van der Waals surface area contributed by atoms with Crippen molar-refractivity contribution in [2.24, 2.45) is 0 Å². The molecular formula is C13H8BrCl2NO3. The third kappa shape index (κ3) is 3.42. The molecule has 0 radical (unpaired) electrons. The van der Waals surface area contributed by atoms with Gasteiger partial charge in [0.1, 0.15) is 16.5 Å². The first kappa shape index (κ1) is 15.1. The van der Waals surface area contributed by atoms with Crippen molar-refractivity contribution in [2.45, 2.75) is 5.88 Å². The summed E-state index contributed by atoms with van der Waals surface area (Å²) in [7, 11) is 0. The van der Waals surface area contributed by atoms with E-state index in [1.807, 2.05) is 12.1 Å². The lowest BCUT2D eigenvalue weighted by Gasteiger charge is -2.10. The van der Waals surface area contributed by atoms with Gasteiger partial charge >= 0.3 is 0 Å². The number of nitro benzene ring substituents is 1. The minimum Gasteiger partial charge on any atom is -0.457 e. The Morgan fingerprint density at radius 2 is 2.00 bits per heavy atom. The van der Waals surface area contributed by atoms with Gasteiger partial charge in [0.15, 0.2) is 0 Å². The lowest BCUT2D eigenvalue weighted by atomic mass is 10.2. The number of hydrogen-bond donors (Lipinski definition) is 0. The van der Waals surface area contributed by atoms with E-state index in [4.69, 9.17) is 27.9 Å². The molecule has 2 rings (SSSR count). The van der Waals surface area contributed by atoms with Gasteiger partial charge in [-0.25, -0.2) is 0 Å². The third-order valence-electron chi connectivity index (χ3n) is 2.51. The molecule has 0 heterocycles. The Kier molecular flexibility index (Phi) is 4.86. The van der Waals surface area contributed by atoms with E-state index in [-0.39, 0.29) is 16.6 Å². The zero-order valence-electron chi connectivity index (χ0n) is 9.98. The quantitative estimate of drug-likeness (QED) is 0.399. The van der Waals surface area contributed by atoms with Crippen molar-refractivity contribution < 1.29 is 9.66 Å². The third-order valence-corrected chi connectivity index (χ3v) is 3.59. The molecular weight excluding hydrogens is 369 g/mol. The van der Waals surface area contributed by atoms with Crippen molar-refractivity contribution >= 4 is 44.8 Å². The second kappa shape index (κ2) is 6.43. The summed E-state index contributed by atoms with van der Waals surface area (Å²) in [4.78, 5) is 10.1. The highest BCUT2D eigenvalue weighted by Crippen LogP contribution is 2.33. The van der Waals surface area contributed by atoms with Gasteiger partial charge in [0, 0.05) is 22.2 Å². The highest BCUT2D eigenvalue weighted by atomic mass is 79.9. The van der Waals surface area contributed by atoms with Crippen LogP contribution in [0.2, 0.25) is 5.02 Å². The first-order chi connectivity index (χ1) is 9.51. The summed E-state index contributed by atoms with van der Waals surface area (Å²) in [5.74, 6) is 1.28. The van der Waals surface area contributed by atoms with Crippen molar-refractivity contribution in [3.8, 4) is 11.5 Å². The molecule has 0 saturated carbocycles. The molecule has 2 aromatic carbocycles. The van der Waals surface area contributed by atoms with Crippen molar-refractivity contribution in [3.63, 3.8) is 0 Å². The minimum atomic E-state index is -0.546. The van der Waals surface area contributed by atoms with Crippen molar-refractivity contribution in [1.82, 2.24) is 0 Å². The van der Waals surface area contributed by atoms with Crippen LogP contribution in [0.15, 0.2) is 40.9 Å². The van der Waals surface area contributed by atoms with E-state index in [0.29, 0.717) is 11.5 Å². The first-order valence-corrected chi connectivity index (χ1v) is 7.18. The molecule has 7 heteroatoms. The van der Waals surface area contributed by atoms with E-state index in [1.165, 1.54) is 18.2 Å². The first-order valence-electron chi connectivity index (χ1n) is 5.47. The SMILES string of the molecule is O=[N+]([O-])c1ccc(Oc2ccc(Br)cc2CCl)cc1Cl. The Morgan fingerprint density at radius 1 is 1.25 bits per heavy atom. The second-order valence-corrected chi connectivity index (χ2v) is 5.45. The van der Waals surface area contributed by atoms with E-state index in [0.717, 1.165) is 10.0 Å². The Hall–Kier alpha value is -1.30. The number of nitrogens with zero attached hydrogens (tertiary/aromatic N) is 1. The van der Waals surface area contributed by atoms with Crippen LogP contribution in [-0.2, 0) is 5.88 Å². The lowest BCUT2D eigenvalue weighted by molar-refractivity contribution is -0.384. The van der Waals surface area contributed by atoms with Crippen molar-refractivity contribution in [3.05, 3.63) is 61.6 Å². The zero-order valence-corrected chi connectivity index (χ0v) is 13.1. The Balaban J connectivity index is 2.31. The summed E-state index contributed by atoms with van der Waals surface area (Å²) in [6, 6.07) is 9.62. The number of alkyl halides is 1. The van der Waals surface area contributed by atoms with Gasteiger partial charge < -0.3 is 4.74 Å². The molecule has 104 valence electrons. The topological polar surface area (TPSA) is 52.4 Å². The maximum atomic E-state index is 10.7. The molecule has 0 amide bonds. The van der Waals surface area contributed by atoms with Gasteiger partial charge in [-0.15, -0.1) is 11.6 Å². The fourth-order valence-electron chi connectivity index (χ4n) is 1.58. The number of rotatable bonds is 4. The summed E-state index contributed by atoms with van der Waals surface area (Å²) in [6.45, 7) is 0. The number of hydrogen-bond acceptors (Lipinski definition) is 3. The van der Waals surface area contributed by atoms with Crippen molar-refractivity contribution in [2.75, 3.05) is 0 Å². The fourth-order valence-corrected chi connectivity index (χ4v) is 2.44. The molecule has 4 nitrogen and oxygen atoms in total. The molecule has 2 aromatic rings. The van der Waals surface area contributed by atoms with Crippen LogP contribution in [0, 0.1) is 10.1 Å². The molecule has 0 atom stereocenters. The summed E-state index contributed by atoms with van der Waals surface area (Å²) in [5, 5.41) is 10.7. The smallest absolute Gasteiger partial charge is 0.288 e. The van der Waals surface area contributed by atoms with Crippen LogP contribution in [0.5, 0.6) is 11.5 Å². The molecule has 0 aromatic heterocycles. The van der Waals surface area contributed by atoms with Gasteiger partial charge in [0.25, 0.3) is 5.69 Å². The Morgan fingerprint density at radius 3 is 2.60 bits per heavy atom. The maximum Gasteiger partial charge on any atom is 0.288 e. The predicted octanol–water partition coefficient (Wildman–Crippen LogP) is 5.54. The Bertz CT molecular complexity index is 664. The van der Waals surface area contributed by atoms with Crippen LogP contribution < -0.4 is 4.74 Å². The summed E-state index contributed by atoms with van der Waals surface area (Å²) in [6.07, 6.45) is 0. The maximum absolute atomic E-state index is 10.7. The highest BCUT2D eigenvalue weighted by molar-refractivity contribution is 9.10. The molecule has 0 aliphatic carbocycles. The number of benzene rings is 2. The van der Waals surface area contributed by atoms with Crippen LogP contribution in [0.1, 0.15) is 5.56 Å². The van der Waals surface area contributed by atoms with Gasteiger partial charge in [0.2, 0.25) is 0 Å². The molecule has 0 unspecified atom stereocenters. The number of halogens is 3. The fraction of sp³-hybridized carbons (Fsp3) is 0.0769. The van der Waals surface area contributed by atoms with Crippen LogP contribution in [0.25, 0.3) is 0 Å². The van der Waals surface area contributed by atoms with Gasteiger partial charge in [-0.1, -0.05) is 27.5 Å². The molecule has 0 aliphatic heterocycles. The summed E-state index contributed by atoms with van der Waals surface area (Å²) >= 11 is 15.0. The van der Waals surface area contributed by atoms with E-state index >= 15 is 0 Å². The Labute approximate surface area is 133 Å². The molecule has 0 fully saturated rings. The largest absolute Gasteiger partial charge is 0.457 e. The van der Waals surface area contributed by atoms with E-state index < -0.39 is 4.92 Å². The monoisotopic (exact) mass is 375 g/mol. The molecule has 0 saturated heterocycles. The molecule has 20 heavy (non-hydrogen) atoms. The second-order valence-electron chi connectivity index (χ2n) is 3.86. The molecule has 0 aliphatic rings. The van der Waals surface area contributed by atoms with Gasteiger partial charge in [-0.05, 0) is 24.3 Å². The molecule has 0 spiro atoms. The lowest BCUT2D eigenvalue weighted by Crippen LogP contribution is -1.92. The zero-order chi connectivity index (χ0) is 14.7. The molecule has 0 bridgehead atoms. The van der Waals surface area contributed by atoms with Crippen LogP contribution in [0.4, 0.5) is 5.69 Å². The number of nitro groups is 1. The number of ether oxygens (including phenoxy) is 1. The van der Waals surface area contributed by atoms with Crippen molar-refractivity contribution in [1.29, 1.82) is 0 Å². The van der Waals surface area contributed by atoms with E-state index in [2.05, 4.69) is 15.9 Å². The predicted molar refractivity (Wildman–Crippen MR) is 81.9 cm³/mol. The average molecular weight is 377 g/mol. The normalized spacial score (nSPS) is 10.3. The van der Waals surface area contributed by atoms with Gasteiger partial charge in [-0.2, -0.15) is 0 Å². The highest BCUT2D eigenvalue weighted by Gasteiger charge is 2.13. The van der Waals surface area contributed by atoms with Crippen LogP contribution >= 0.6 is 39.1 Å². The van der Waals surface area contributed by atoms with E-state index in [9.17, 15) is 10.1 Å². The summed E-state index contributed by atoms with van der Waals surface area (Å²) in [5.41, 5.74) is 0.642. The minimum absolute atomic E-state index is 0.0250.